The monoisotopic (exact) mass is 295 g/mol. The van der Waals surface area contributed by atoms with Gasteiger partial charge in [-0.1, -0.05) is 18.0 Å². The van der Waals surface area contributed by atoms with Gasteiger partial charge in [-0.2, -0.15) is 0 Å². The summed E-state index contributed by atoms with van der Waals surface area (Å²) in [7, 11) is 0. The van der Waals surface area contributed by atoms with E-state index < -0.39 is 0 Å². The summed E-state index contributed by atoms with van der Waals surface area (Å²) in [5.74, 6) is 2.28. The molecule has 2 bridgehead atoms. The predicted octanol–water partition coefficient (Wildman–Crippen LogP) is 3.74. The summed E-state index contributed by atoms with van der Waals surface area (Å²) in [6.45, 7) is 0. The summed E-state index contributed by atoms with van der Waals surface area (Å²) in [5.41, 5.74) is 0. The molecule has 4 heteroatoms. The van der Waals surface area contributed by atoms with Crippen molar-refractivity contribution in [3.63, 3.8) is 0 Å². The summed E-state index contributed by atoms with van der Waals surface area (Å²) in [4.78, 5) is 13.0. The zero-order chi connectivity index (χ0) is 13.2. The summed E-state index contributed by atoms with van der Waals surface area (Å²) < 4.78 is 0. The molecular weight excluding hydrogens is 278 g/mol. The zero-order valence-electron chi connectivity index (χ0n) is 10.8. The minimum Gasteiger partial charge on any atom is -0.352 e. The van der Waals surface area contributed by atoms with E-state index in [1.165, 1.54) is 25.7 Å². The number of rotatable bonds is 4. The van der Waals surface area contributed by atoms with Crippen LogP contribution in [-0.2, 0) is 4.79 Å². The summed E-state index contributed by atoms with van der Waals surface area (Å²) >= 11 is 7.41. The lowest BCUT2D eigenvalue weighted by Crippen LogP contribution is -2.39. The number of hydrogen-bond donors (Lipinski definition) is 1. The Morgan fingerprint density at radius 3 is 2.68 bits per heavy atom. The molecule has 0 radical (unpaired) electrons. The van der Waals surface area contributed by atoms with Crippen LogP contribution in [0.5, 0.6) is 0 Å². The van der Waals surface area contributed by atoms with Crippen molar-refractivity contribution in [2.24, 2.45) is 11.8 Å². The van der Waals surface area contributed by atoms with Gasteiger partial charge in [-0.3, -0.25) is 4.79 Å². The molecular formula is C15H18ClNOS. The van der Waals surface area contributed by atoms with Gasteiger partial charge in [0.2, 0.25) is 5.91 Å². The van der Waals surface area contributed by atoms with Gasteiger partial charge in [0.1, 0.15) is 0 Å². The van der Waals surface area contributed by atoms with Gasteiger partial charge in [0.05, 0.1) is 5.75 Å². The largest absolute Gasteiger partial charge is 0.352 e. The molecule has 1 aromatic rings. The van der Waals surface area contributed by atoms with Crippen molar-refractivity contribution in [3.8, 4) is 0 Å². The van der Waals surface area contributed by atoms with Gasteiger partial charge in [0.25, 0.3) is 0 Å². The van der Waals surface area contributed by atoms with Crippen LogP contribution in [-0.4, -0.2) is 17.7 Å². The number of amides is 1. The Morgan fingerprint density at radius 2 is 2.05 bits per heavy atom. The van der Waals surface area contributed by atoms with Crippen LogP contribution in [0.15, 0.2) is 29.2 Å². The normalized spacial score (nSPS) is 28.6. The number of thioether (sulfide) groups is 1. The highest BCUT2D eigenvalue weighted by molar-refractivity contribution is 8.00. The minimum absolute atomic E-state index is 0.164. The van der Waals surface area contributed by atoms with Gasteiger partial charge >= 0.3 is 0 Å². The Morgan fingerprint density at radius 1 is 1.26 bits per heavy atom. The third-order valence-electron chi connectivity index (χ3n) is 4.27. The van der Waals surface area contributed by atoms with Crippen LogP contribution in [0.3, 0.4) is 0 Å². The van der Waals surface area contributed by atoms with Crippen LogP contribution in [0, 0.1) is 11.8 Å². The number of hydrogen-bond acceptors (Lipinski definition) is 2. The van der Waals surface area contributed by atoms with E-state index in [0.29, 0.717) is 11.8 Å². The fourth-order valence-corrected chi connectivity index (χ4v) is 4.19. The van der Waals surface area contributed by atoms with Crippen LogP contribution in [0.4, 0.5) is 0 Å². The Balaban J connectivity index is 1.45. The zero-order valence-corrected chi connectivity index (χ0v) is 12.3. The fourth-order valence-electron chi connectivity index (χ4n) is 3.35. The summed E-state index contributed by atoms with van der Waals surface area (Å²) in [6.07, 6.45) is 5.20. The van der Waals surface area contributed by atoms with Gasteiger partial charge in [0.15, 0.2) is 0 Å². The van der Waals surface area contributed by atoms with Crippen molar-refractivity contribution in [1.29, 1.82) is 0 Å². The number of nitrogens with one attached hydrogen (secondary N) is 1. The SMILES string of the molecule is O=C(CSc1ccc(Cl)cc1)N[C@H]1C[C@H]2CC[C@H]1C2. The molecule has 2 nitrogen and oxygen atoms in total. The Hall–Kier alpha value is -0.670. The molecule has 0 aliphatic heterocycles. The quantitative estimate of drug-likeness (QED) is 0.858. The Bertz CT molecular complexity index is 462. The van der Waals surface area contributed by atoms with E-state index in [2.05, 4.69) is 5.32 Å². The number of halogens is 1. The first kappa shape index (κ1) is 13.3. The fraction of sp³-hybridized carbons (Fsp3) is 0.533. The molecule has 3 atom stereocenters. The molecule has 2 aliphatic carbocycles. The maximum atomic E-state index is 12.0. The lowest BCUT2D eigenvalue weighted by Gasteiger charge is -2.22. The molecule has 1 amide bonds. The molecule has 2 aliphatic rings. The molecule has 1 N–H and O–H groups in total. The number of carbonyl (C=O) groups excluding carboxylic acids is 1. The van der Waals surface area contributed by atoms with Crippen molar-refractivity contribution < 1.29 is 4.79 Å². The summed E-state index contributed by atoms with van der Waals surface area (Å²) in [5, 5.41) is 3.94. The highest BCUT2D eigenvalue weighted by atomic mass is 35.5. The number of benzene rings is 1. The molecule has 0 heterocycles. The van der Waals surface area contributed by atoms with E-state index in [-0.39, 0.29) is 5.91 Å². The number of fused-ring (bicyclic) bond motifs is 2. The third-order valence-corrected chi connectivity index (χ3v) is 5.53. The highest BCUT2D eigenvalue weighted by Gasteiger charge is 2.39. The third kappa shape index (κ3) is 3.26. The molecule has 2 fully saturated rings. The lowest BCUT2D eigenvalue weighted by molar-refractivity contribution is -0.119. The molecule has 0 aromatic heterocycles. The van der Waals surface area contributed by atoms with E-state index in [4.69, 9.17) is 11.6 Å². The van der Waals surface area contributed by atoms with Crippen molar-refractivity contribution in [3.05, 3.63) is 29.3 Å². The van der Waals surface area contributed by atoms with Crippen LogP contribution in [0.25, 0.3) is 0 Å². The average molecular weight is 296 g/mol. The van der Waals surface area contributed by atoms with E-state index in [0.717, 1.165) is 21.8 Å². The Labute approximate surface area is 123 Å². The minimum atomic E-state index is 0.164. The topological polar surface area (TPSA) is 29.1 Å². The van der Waals surface area contributed by atoms with Gasteiger partial charge in [-0.25, -0.2) is 0 Å². The van der Waals surface area contributed by atoms with Gasteiger partial charge in [-0.15, -0.1) is 11.8 Å². The molecule has 1 aromatic carbocycles. The second-order valence-electron chi connectivity index (χ2n) is 5.59. The summed E-state index contributed by atoms with van der Waals surface area (Å²) in [6, 6.07) is 8.07. The highest BCUT2D eigenvalue weighted by Crippen LogP contribution is 2.44. The second kappa shape index (κ2) is 5.76. The molecule has 0 spiro atoms. The van der Waals surface area contributed by atoms with Crippen molar-refractivity contribution in [2.45, 2.75) is 36.6 Å². The standard InChI is InChI=1S/C15H18ClNOS/c16-12-3-5-13(6-4-12)19-9-15(18)17-14-8-10-1-2-11(14)7-10/h3-6,10-11,14H,1-2,7-9H2,(H,17,18)/t10-,11-,14-/m0/s1. The first-order chi connectivity index (χ1) is 9.20. The Kier molecular flexibility index (Phi) is 4.04. The lowest BCUT2D eigenvalue weighted by atomic mass is 9.95. The van der Waals surface area contributed by atoms with Gasteiger partial charge in [0, 0.05) is 16.0 Å². The predicted molar refractivity (Wildman–Crippen MR) is 79.6 cm³/mol. The van der Waals surface area contributed by atoms with Crippen molar-refractivity contribution in [2.75, 3.05) is 5.75 Å². The molecule has 102 valence electrons. The number of carbonyl (C=O) groups is 1. The first-order valence-corrected chi connectivity index (χ1v) is 8.25. The van der Waals surface area contributed by atoms with Gasteiger partial charge < -0.3 is 5.32 Å². The maximum absolute atomic E-state index is 12.0. The van der Waals surface area contributed by atoms with Crippen LogP contribution < -0.4 is 5.32 Å². The average Bonchev–Trinajstić information content (AvgIpc) is 3.00. The van der Waals surface area contributed by atoms with E-state index in [1.54, 1.807) is 11.8 Å². The molecule has 0 saturated heterocycles. The molecule has 19 heavy (non-hydrogen) atoms. The first-order valence-electron chi connectivity index (χ1n) is 6.88. The molecule has 3 rings (SSSR count). The van der Waals surface area contributed by atoms with E-state index in [9.17, 15) is 4.79 Å². The van der Waals surface area contributed by atoms with Crippen LogP contribution in [0.1, 0.15) is 25.7 Å². The van der Waals surface area contributed by atoms with E-state index in [1.807, 2.05) is 24.3 Å². The van der Waals surface area contributed by atoms with E-state index >= 15 is 0 Å². The molecule has 2 saturated carbocycles. The second-order valence-corrected chi connectivity index (χ2v) is 7.08. The molecule has 0 unspecified atom stereocenters. The van der Waals surface area contributed by atoms with Gasteiger partial charge in [-0.05, 0) is 55.4 Å². The smallest absolute Gasteiger partial charge is 0.230 e. The van der Waals surface area contributed by atoms with Crippen LogP contribution >= 0.6 is 23.4 Å². The van der Waals surface area contributed by atoms with Crippen molar-refractivity contribution in [1.82, 2.24) is 5.32 Å². The maximum Gasteiger partial charge on any atom is 0.230 e. The van der Waals surface area contributed by atoms with Crippen molar-refractivity contribution >= 4 is 29.3 Å². The van der Waals surface area contributed by atoms with Crippen LogP contribution in [0.2, 0.25) is 5.02 Å².